The normalized spacial score (nSPS) is 17.1. The van der Waals surface area contributed by atoms with Crippen molar-refractivity contribution < 1.29 is 22.4 Å². The van der Waals surface area contributed by atoms with Gasteiger partial charge in [0.1, 0.15) is 6.04 Å². The number of piperidine rings is 1. The molecule has 1 atom stereocenters. The van der Waals surface area contributed by atoms with Crippen LogP contribution in [0.1, 0.15) is 29.8 Å². The highest BCUT2D eigenvalue weighted by molar-refractivity contribution is 7.89. The molecule has 1 aromatic carbocycles. The van der Waals surface area contributed by atoms with Crippen LogP contribution >= 0.6 is 11.6 Å². The Labute approximate surface area is 174 Å². The van der Waals surface area contributed by atoms with E-state index in [4.69, 9.17) is 16.0 Å². The first-order valence-electron chi connectivity index (χ1n) is 9.26. The monoisotopic (exact) mass is 439 g/mol. The highest BCUT2D eigenvalue weighted by Gasteiger charge is 2.33. The summed E-state index contributed by atoms with van der Waals surface area (Å²) in [6, 6.07) is 8.50. The van der Waals surface area contributed by atoms with E-state index in [9.17, 15) is 18.0 Å². The number of sulfonamides is 1. The number of hydrogen-bond donors (Lipinski definition) is 2. The van der Waals surface area contributed by atoms with Crippen LogP contribution in [-0.2, 0) is 14.8 Å². The maximum absolute atomic E-state index is 12.6. The summed E-state index contributed by atoms with van der Waals surface area (Å²) >= 11 is 5.83. The zero-order valence-electron chi connectivity index (χ0n) is 15.6. The molecule has 2 heterocycles. The van der Waals surface area contributed by atoms with Crippen molar-refractivity contribution in [3.8, 4) is 0 Å². The minimum absolute atomic E-state index is 0.0133. The first kappa shape index (κ1) is 21.4. The van der Waals surface area contributed by atoms with Crippen molar-refractivity contribution in [1.29, 1.82) is 0 Å². The van der Waals surface area contributed by atoms with Crippen molar-refractivity contribution in [3.05, 3.63) is 53.4 Å². The summed E-state index contributed by atoms with van der Waals surface area (Å²) in [6.45, 7) is 0.580. The lowest BCUT2D eigenvalue weighted by Gasteiger charge is -2.34. The van der Waals surface area contributed by atoms with Crippen LogP contribution in [0.25, 0.3) is 0 Å². The van der Waals surface area contributed by atoms with Crippen molar-refractivity contribution >= 4 is 33.4 Å². The van der Waals surface area contributed by atoms with Gasteiger partial charge in [-0.25, -0.2) is 13.1 Å². The van der Waals surface area contributed by atoms with Crippen molar-refractivity contribution in [2.75, 3.05) is 19.6 Å². The van der Waals surface area contributed by atoms with Gasteiger partial charge in [-0.15, -0.1) is 0 Å². The SMILES string of the molecule is O=C(NCCNS(=O)(=O)c1cccc(Cl)c1)C1CCCCN1C(=O)c1ccco1. The zero-order chi connectivity index (χ0) is 20.9. The molecule has 0 radical (unpaired) electrons. The Balaban J connectivity index is 1.53. The molecule has 3 rings (SSSR count). The highest BCUT2D eigenvalue weighted by Crippen LogP contribution is 2.20. The molecule has 0 aliphatic carbocycles. The molecule has 0 saturated carbocycles. The lowest BCUT2D eigenvalue weighted by atomic mass is 10.0. The van der Waals surface area contributed by atoms with Crippen LogP contribution in [0.2, 0.25) is 5.02 Å². The van der Waals surface area contributed by atoms with Gasteiger partial charge in [0.2, 0.25) is 15.9 Å². The van der Waals surface area contributed by atoms with Crippen LogP contribution in [0.15, 0.2) is 52.0 Å². The van der Waals surface area contributed by atoms with Gasteiger partial charge in [-0.2, -0.15) is 0 Å². The van der Waals surface area contributed by atoms with Gasteiger partial charge >= 0.3 is 0 Å². The summed E-state index contributed by atoms with van der Waals surface area (Å²) in [5.74, 6) is -0.443. The van der Waals surface area contributed by atoms with Gasteiger partial charge in [0.15, 0.2) is 5.76 Å². The van der Waals surface area contributed by atoms with Gasteiger partial charge in [-0.3, -0.25) is 9.59 Å². The number of carbonyl (C=O) groups is 2. The number of hydrogen-bond acceptors (Lipinski definition) is 5. The Kier molecular flexibility index (Phi) is 6.94. The number of rotatable bonds is 7. The van der Waals surface area contributed by atoms with Crippen molar-refractivity contribution in [1.82, 2.24) is 14.9 Å². The molecule has 8 nitrogen and oxygen atoms in total. The third-order valence-corrected chi connectivity index (χ3v) is 6.31. The van der Waals surface area contributed by atoms with Gasteiger partial charge in [0, 0.05) is 24.7 Å². The molecule has 29 heavy (non-hydrogen) atoms. The topological polar surface area (TPSA) is 109 Å². The van der Waals surface area contributed by atoms with Crippen molar-refractivity contribution in [2.45, 2.75) is 30.2 Å². The molecule has 2 aromatic rings. The minimum atomic E-state index is -3.72. The van der Waals surface area contributed by atoms with Crippen molar-refractivity contribution in [2.24, 2.45) is 0 Å². The number of carbonyl (C=O) groups excluding carboxylic acids is 2. The smallest absolute Gasteiger partial charge is 0.290 e. The van der Waals surface area contributed by atoms with Crippen LogP contribution < -0.4 is 10.0 Å². The summed E-state index contributed by atoms with van der Waals surface area (Å²) in [5, 5.41) is 3.02. The molecule has 1 aromatic heterocycles. The van der Waals surface area contributed by atoms with Gasteiger partial charge in [0.05, 0.1) is 11.2 Å². The largest absolute Gasteiger partial charge is 0.459 e. The second-order valence-corrected chi connectivity index (χ2v) is 8.84. The second-order valence-electron chi connectivity index (χ2n) is 6.63. The number of furan rings is 1. The number of nitrogens with one attached hydrogen (secondary N) is 2. The highest BCUT2D eigenvalue weighted by atomic mass is 35.5. The van der Waals surface area contributed by atoms with E-state index >= 15 is 0 Å². The first-order chi connectivity index (χ1) is 13.9. The van der Waals surface area contributed by atoms with Gasteiger partial charge < -0.3 is 14.6 Å². The lowest BCUT2D eigenvalue weighted by molar-refractivity contribution is -0.126. The predicted molar refractivity (Wildman–Crippen MR) is 107 cm³/mol. The fourth-order valence-corrected chi connectivity index (χ4v) is 4.53. The number of nitrogens with zero attached hydrogens (tertiary/aromatic N) is 1. The molecule has 2 N–H and O–H groups in total. The molecule has 1 saturated heterocycles. The third kappa shape index (κ3) is 5.37. The van der Waals surface area contributed by atoms with Crippen LogP contribution in [0.3, 0.4) is 0 Å². The molecule has 0 bridgehead atoms. The fourth-order valence-electron chi connectivity index (χ4n) is 3.20. The van der Waals surface area contributed by atoms with E-state index in [1.165, 1.54) is 23.3 Å². The molecule has 2 amide bonds. The molecule has 1 unspecified atom stereocenters. The summed E-state index contributed by atoms with van der Waals surface area (Å²) in [5.41, 5.74) is 0. The number of halogens is 1. The maximum atomic E-state index is 12.6. The molecule has 156 valence electrons. The van der Waals surface area contributed by atoms with E-state index in [0.717, 1.165) is 12.8 Å². The third-order valence-electron chi connectivity index (χ3n) is 4.62. The van der Waals surface area contributed by atoms with Crippen LogP contribution in [0.5, 0.6) is 0 Å². The van der Waals surface area contributed by atoms with E-state index in [-0.39, 0.29) is 35.6 Å². The van der Waals surface area contributed by atoms with Crippen LogP contribution in [-0.4, -0.2) is 50.8 Å². The van der Waals surface area contributed by atoms with E-state index in [2.05, 4.69) is 10.0 Å². The first-order valence-corrected chi connectivity index (χ1v) is 11.1. The Morgan fingerprint density at radius 3 is 2.72 bits per heavy atom. The van der Waals surface area contributed by atoms with Gasteiger partial charge in [-0.1, -0.05) is 17.7 Å². The number of amides is 2. The zero-order valence-corrected chi connectivity index (χ0v) is 17.2. The van der Waals surface area contributed by atoms with E-state index in [1.54, 1.807) is 24.3 Å². The summed E-state index contributed by atoms with van der Waals surface area (Å²) in [6.07, 6.45) is 3.61. The number of likely N-dealkylation sites (tertiary alicyclic amines) is 1. The van der Waals surface area contributed by atoms with Gasteiger partial charge in [-0.05, 0) is 49.6 Å². The molecule has 0 spiro atoms. The van der Waals surface area contributed by atoms with E-state index in [1.807, 2.05) is 0 Å². The Morgan fingerprint density at radius 2 is 2.00 bits per heavy atom. The molecular weight excluding hydrogens is 418 g/mol. The minimum Gasteiger partial charge on any atom is -0.459 e. The Morgan fingerprint density at radius 1 is 1.17 bits per heavy atom. The fraction of sp³-hybridized carbons (Fsp3) is 0.368. The van der Waals surface area contributed by atoms with Crippen LogP contribution in [0.4, 0.5) is 0 Å². The predicted octanol–water partition coefficient (Wildman–Crippen LogP) is 2.02. The molecule has 10 heteroatoms. The standard InChI is InChI=1S/C19H22ClN3O5S/c20-14-5-3-6-15(13-14)29(26,27)22-10-9-21-18(24)16-7-1-2-11-23(16)19(25)17-8-4-12-28-17/h3-6,8,12-13,16,22H,1-2,7,9-11H2,(H,21,24). The molecule has 1 aliphatic rings. The van der Waals surface area contributed by atoms with Gasteiger partial charge in [0.25, 0.3) is 5.91 Å². The van der Waals surface area contributed by atoms with Crippen LogP contribution in [0, 0.1) is 0 Å². The number of benzene rings is 1. The average Bonchev–Trinajstić information content (AvgIpc) is 3.25. The summed E-state index contributed by atoms with van der Waals surface area (Å²) < 4.78 is 32.1. The van der Waals surface area contributed by atoms with Crippen molar-refractivity contribution in [3.63, 3.8) is 0 Å². The quantitative estimate of drug-likeness (QED) is 0.641. The summed E-state index contributed by atoms with van der Waals surface area (Å²) in [4.78, 5) is 26.7. The maximum Gasteiger partial charge on any atom is 0.290 e. The summed E-state index contributed by atoms with van der Waals surface area (Å²) in [7, 11) is -3.72. The lowest BCUT2D eigenvalue weighted by Crippen LogP contribution is -2.52. The van der Waals surface area contributed by atoms with E-state index in [0.29, 0.717) is 18.0 Å². The second kappa shape index (κ2) is 9.43. The Hall–Kier alpha value is -2.36. The Bertz CT molecular complexity index is 962. The molecule has 1 fully saturated rings. The average molecular weight is 440 g/mol. The molecular formula is C19H22ClN3O5S. The van der Waals surface area contributed by atoms with E-state index < -0.39 is 16.1 Å². The molecule has 1 aliphatic heterocycles.